The van der Waals surface area contributed by atoms with Gasteiger partial charge in [-0.1, -0.05) is 13.8 Å². The summed E-state index contributed by atoms with van der Waals surface area (Å²) in [6.07, 6.45) is 2.56. The Bertz CT molecular complexity index is 355. The van der Waals surface area contributed by atoms with E-state index >= 15 is 0 Å². The number of anilines is 2. The molecule has 0 bridgehead atoms. The molecule has 1 aromatic rings. The Morgan fingerprint density at radius 2 is 1.83 bits per heavy atom. The molecule has 0 aromatic carbocycles. The van der Waals surface area contributed by atoms with E-state index in [4.69, 9.17) is 0 Å². The standard InChI is InChI=1S/C13H24N4O/c1-4-6-11-16-12(14-7-5-2)8-13(17-11)15-9-10(3)18/h8,10,18H,4-7,9H2,1-3H3,(H2,14,15,16,17). The SMILES string of the molecule is CCCNc1cc(NCC(C)O)nc(CCC)n1. The number of aliphatic hydroxyl groups excluding tert-OH is 1. The van der Waals surface area contributed by atoms with Gasteiger partial charge in [-0.05, 0) is 19.8 Å². The highest BCUT2D eigenvalue weighted by Crippen LogP contribution is 2.12. The second-order valence-corrected chi connectivity index (χ2v) is 4.46. The lowest BCUT2D eigenvalue weighted by molar-refractivity contribution is 0.208. The first-order valence-corrected chi connectivity index (χ1v) is 6.69. The van der Waals surface area contributed by atoms with Gasteiger partial charge < -0.3 is 15.7 Å². The number of rotatable bonds is 8. The van der Waals surface area contributed by atoms with E-state index in [0.29, 0.717) is 6.54 Å². The minimum absolute atomic E-state index is 0.387. The molecule has 0 aliphatic rings. The Hall–Kier alpha value is -1.36. The quantitative estimate of drug-likeness (QED) is 0.660. The first kappa shape index (κ1) is 14.7. The molecule has 1 atom stereocenters. The van der Waals surface area contributed by atoms with Gasteiger partial charge in [0.05, 0.1) is 6.10 Å². The van der Waals surface area contributed by atoms with Crippen LogP contribution in [0.25, 0.3) is 0 Å². The first-order chi connectivity index (χ1) is 8.65. The van der Waals surface area contributed by atoms with Crippen LogP contribution in [-0.2, 0) is 6.42 Å². The lowest BCUT2D eigenvalue weighted by Gasteiger charge is -2.11. The zero-order valence-electron chi connectivity index (χ0n) is 11.5. The molecule has 1 heterocycles. The van der Waals surface area contributed by atoms with E-state index in [1.54, 1.807) is 6.92 Å². The number of aliphatic hydroxyl groups is 1. The maximum Gasteiger partial charge on any atom is 0.133 e. The molecule has 3 N–H and O–H groups in total. The Morgan fingerprint density at radius 3 is 2.39 bits per heavy atom. The van der Waals surface area contributed by atoms with E-state index in [9.17, 15) is 5.11 Å². The molecule has 5 heteroatoms. The fraction of sp³-hybridized carbons (Fsp3) is 0.692. The van der Waals surface area contributed by atoms with Crippen molar-refractivity contribution in [2.24, 2.45) is 0 Å². The maximum absolute atomic E-state index is 9.28. The van der Waals surface area contributed by atoms with Gasteiger partial charge in [-0.25, -0.2) is 9.97 Å². The molecular formula is C13H24N4O. The van der Waals surface area contributed by atoms with Crippen molar-refractivity contribution in [3.8, 4) is 0 Å². The molecule has 1 rings (SSSR count). The summed E-state index contributed by atoms with van der Waals surface area (Å²) < 4.78 is 0. The maximum atomic E-state index is 9.28. The predicted octanol–water partition coefficient (Wildman–Crippen LogP) is 2.04. The lowest BCUT2D eigenvalue weighted by atomic mass is 10.3. The van der Waals surface area contributed by atoms with Gasteiger partial charge in [0.15, 0.2) is 0 Å². The molecule has 5 nitrogen and oxygen atoms in total. The number of nitrogens with zero attached hydrogens (tertiary/aromatic N) is 2. The van der Waals surface area contributed by atoms with E-state index in [1.807, 2.05) is 6.07 Å². The summed E-state index contributed by atoms with van der Waals surface area (Å²) in [5.41, 5.74) is 0. The molecule has 0 radical (unpaired) electrons. The van der Waals surface area contributed by atoms with Gasteiger partial charge >= 0.3 is 0 Å². The van der Waals surface area contributed by atoms with Crippen molar-refractivity contribution in [3.05, 3.63) is 11.9 Å². The third kappa shape index (κ3) is 5.31. The van der Waals surface area contributed by atoms with Crippen LogP contribution in [-0.4, -0.2) is 34.3 Å². The Labute approximate surface area is 109 Å². The van der Waals surface area contributed by atoms with E-state index in [1.165, 1.54) is 0 Å². The largest absolute Gasteiger partial charge is 0.392 e. The third-order valence-electron chi connectivity index (χ3n) is 2.38. The minimum Gasteiger partial charge on any atom is -0.392 e. The molecule has 1 aromatic heterocycles. The molecule has 0 saturated heterocycles. The van der Waals surface area contributed by atoms with Gasteiger partial charge in [0, 0.05) is 25.6 Å². The highest BCUT2D eigenvalue weighted by Gasteiger charge is 2.04. The minimum atomic E-state index is -0.387. The van der Waals surface area contributed by atoms with Crippen LogP contribution in [0.4, 0.5) is 11.6 Å². The highest BCUT2D eigenvalue weighted by molar-refractivity contribution is 5.47. The Balaban J connectivity index is 2.76. The summed E-state index contributed by atoms with van der Waals surface area (Å²) >= 11 is 0. The molecule has 0 fully saturated rings. The molecule has 0 amide bonds. The van der Waals surface area contributed by atoms with Gasteiger partial charge in [0.1, 0.15) is 17.5 Å². The van der Waals surface area contributed by atoms with Gasteiger partial charge in [-0.3, -0.25) is 0 Å². The van der Waals surface area contributed by atoms with Gasteiger partial charge in [0.2, 0.25) is 0 Å². The predicted molar refractivity (Wildman–Crippen MR) is 75.0 cm³/mol. The number of aromatic nitrogens is 2. The molecular weight excluding hydrogens is 228 g/mol. The molecule has 18 heavy (non-hydrogen) atoms. The number of hydrogen-bond acceptors (Lipinski definition) is 5. The first-order valence-electron chi connectivity index (χ1n) is 6.69. The zero-order chi connectivity index (χ0) is 13.4. The van der Waals surface area contributed by atoms with Crippen LogP contribution in [0.2, 0.25) is 0 Å². The topological polar surface area (TPSA) is 70.1 Å². The van der Waals surface area contributed by atoms with Gasteiger partial charge in [-0.2, -0.15) is 0 Å². The van der Waals surface area contributed by atoms with Crippen LogP contribution in [0.1, 0.15) is 39.4 Å². The van der Waals surface area contributed by atoms with E-state index in [-0.39, 0.29) is 6.10 Å². The van der Waals surface area contributed by atoms with Crippen LogP contribution in [0, 0.1) is 0 Å². The van der Waals surface area contributed by atoms with Crippen LogP contribution >= 0.6 is 0 Å². The Kier molecular flexibility index (Phi) is 6.43. The second-order valence-electron chi connectivity index (χ2n) is 4.46. The van der Waals surface area contributed by atoms with Crippen LogP contribution in [0.15, 0.2) is 6.07 Å². The van der Waals surface area contributed by atoms with Crippen molar-refractivity contribution < 1.29 is 5.11 Å². The molecule has 102 valence electrons. The summed E-state index contributed by atoms with van der Waals surface area (Å²) in [5.74, 6) is 2.46. The second kappa shape index (κ2) is 7.87. The normalized spacial score (nSPS) is 12.2. The van der Waals surface area contributed by atoms with Gasteiger partial charge in [0.25, 0.3) is 0 Å². The van der Waals surface area contributed by atoms with Crippen molar-refractivity contribution in [3.63, 3.8) is 0 Å². The van der Waals surface area contributed by atoms with Crippen molar-refractivity contribution >= 4 is 11.6 Å². The smallest absolute Gasteiger partial charge is 0.133 e. The number of hydrogen-bond donors (Lipinski definition) is 3. The highest BCUT2D eigenvalue weighted by atomic mass is 16.3. The van der Waals surface area contributed by atoms with E-state index in [0.717, 1.165) is 43.3 Å². The lowest BCUT2D eigenvalue weighted by Crippen LogP contribution is -2.17. The summed E-state index contributed by atoms with van der Waals surface area (Å²) in [6.45, 7) is 7.37. The molecule has 0 aliphatic carbocycles. The summed E-state index contributed by atoms with van der Waals surface area (Å²) in [6, 6.07) is 1.89. The molecule has 0 aliphatic heterocycles. The number of aryl methyl sites for hydroxylation is 1. The van der Waals surface area contributed by atoms with E-state index < -0.39 is 0 Å². The zero-order valence-corrected chi connectivity index (χ0v) is 11.5. The Morgan fingerprint density at radius 1 is 1.17 bits per heavy atom. The molecule has 0 spiro atoms. The summed E-state index contributed by atoms with van der Waals surface area (Å²) in [4.78, 5) is 8.89. The molecule has 0 saturated carbocycles. The van der Waals surface area contributed by atoms with Crippen molar-refractivity contribution in [2.45, 2.75) is 46.1 Å². The average molecular weight is 252 g/mol. The third-order valence-corrected chi connectivity index (χ3v) is 2.38. The fourth-order valence-corrected chi connectivity index (χ4v) is 1.52. The van der Waals surface area contributed by atoms with Crippen LogP contribution in [0.5, 0.6) is 0 Å². The van der Waals surface area contributed by atoms with E-state index in [2.05, 4.69) is 34.4 Å². The summed E-state index contributed by atoms with van der Waals surface area (Å²) in [5, 5.41) is 15.7. The van der Waals surface area contributed by atoms with Crippen LogP contribution < -0.4 is 10.6 Å². The average Bonchev–Trinajstić information content (AvgIpc) is 2.34. The van der Waals surface area contributed by atoms with Crippen molar-refractivity contribution in [2.75, 3.05) is 23.7 Å². The number of nitrogens with one attached hydrogen (secondary N) is 2. The van der Waals surface area contributed by atoms with Crippen LogP contribution in [0.3, 0.4) is 0 Å². The van der Waals surface area contributed by atoms with Gasteiger partial charge in [-0.15, -0.1) is 0 Å². The van der Waals surface area contributed by atoms with Crippen molar-refractivity contribution in [1.82, 2.24) is 9.97 Å². The fourth-order valence-electron chi connectivity index (χ4n) is 1.52. The summed E-state index contributed by atoms with van der Waals surface area (Å²) in [7, 11) is 0. The van der Waals surface area contributed by atoms with Crippen molar-refractivity contribution in [1.29, 1.82) is 0 Å². The monoisotopic (exact) mass is 252 g/mol. The molecule has 1 unspecified atom stereocenters.